The predicted octanol–water partition coefficient (Wildman–Crippen LogP) is 3.70. The van der Waals surface area contributed by atoms with Gasteiger partial charge in [-0.05, 0) is 38.2 Å². The summed E-state index contributed by atoms with van der Waals surface area (Å²) in [6.45, 7) is 9.06. The van der Waals surface area contributed by atoms with E-state index < -0.39 is 0 Å². The van der Waals surface area contributed by atoms with Gasteiger partial charge in [0.05, 0.1) is 17.8 Å². The Bertz CT molecular complexity index is 678. The van der Waals surface area contributed by atoms with Crippen molar-refractivity contribution < 1.29 is 4.74 Å². The third-order valence-corrected chi connectivity index (χ3v) is 5.14. The quantitative estimate of drug-likeness (QED) is 0.802. The van der Waals surface area contributed by atoms with Crippen LogP contribution in [0.2, 0.25) is 0 Å². The van der Waals surface area contributed by atoms with Gasteiger partial charge in [-0.3, -0.25) is 0 Å². The molecule has 0 aromatic carbocycles. The Morgan fingerprint density at radius 2 is 2.00 bits per heavy atom. The lowest BCUT2D eigenvalue weighted by atomic mass is 9.89. The molecule has 2 aliphatic rings. The number of piperidine rings is 1. The monoisotopic (exact) mass is 317 g/mol. The molecular weight excluding hydrogens is 294 g/mol. The molecule has 0 aliphatic carbocycles. The van der Waals surface area contributed by atoms with Gasteiger partial charge >= 0.3 is 0 Å². The number of nitrogens with zero attached hydrogens (tertiary/aromatic N) is 2. The van der Waals surface area contributed by atoms with E-state index in [2.05, 4.69) is 36.7 Å². The van der Waals surface area contributed by atoms with Crippen LogP contribution in [0.25, 0.3) is 0 Å². The molecule has 1 aromatic heterocycles. The molecule has 1 N–H and O–H groups in total. The first kappa shape index (κ1) is 15.5. The number of pyridine rings is 1. The van der Waals surface area contributed by atoms with Crippen molar-refractivity contribution >= 4 is 18.0 Å². The van der Waals surface area contributed by atoms with Gasteiger partial charge in [-0.25, -0.2) is 0 Å². The van der Waals surface area contributed by atoms with Crippen LogP contribution in [0, 0.1) is 21.9 Å². The zero-order valence-corrected chi connectivity index (χ0v) is 14.3. The summed E-state index contributed by atoms with van der Waals surface area (Å²) in [7, 11) is 0. The lowest BCUT2D eigenvalue weighted by molar-refractivity contribution is -0.0401. The van der Waals surface area contributed by atoms with E-state index in [0.717, 1.165) is 42.4 Å². The fourth-order valence-corrected chi connectivity index (χ4v) is 3.66. The first-order valence-corrected chi connectivity index (χ1v) is 8.39. The van der Waals surface area contributed by atoms with Crippen molar-refractivity contribution in [3.8, 4) is 6.07 Å². The van der Waals surface area contributed by atoms with E-state index in [4.69, 9.17) is 17.0 Å². The highest BCUT2D eigenvalue weighted by atomic mass is 32.1. The van der Waals surface area contributed by atoms with Gasteiger partial charge in [-0.2, -0.15) is 5.26 Å². The molecule has 22 heavy (non-hydrogen) atoms. The van der Waals surface area contributed by atoms with Crippen molar-refractivity contribution in [1.29, 1.82) is 5.26 Å². The Hall–Kier alpha value is -1.38. The Balaban J connectivity index is 2.08. The molecule has 3 rings (SSSR count). The maximum atomic E-state index is 9.49. The lowest BCUT2D eigenvalue weighted by Crippen LogP contribution is -2.37. The van der Waals surface area contributed by atoms with Gasteiger partial charge in [-0.1, -0.05) is 19.1 Å². The summed E-state index contributed by atoms with van der Waals surface area (Å²) in [5.74, 6) is 1.85. The molecule has 1 fully saturated rings. The summed E-state index contributed by atoms with van der Waals surface area (Å²) >= 11 is 5.45. The molecule has 0 radical (unpaired) electrons. The average Bonchev–Trinajstić information content (AvgIpc) is 2.46. The summed E-state index contributed by atoms with van der Waals surface area (Å²) in [6, 6.07) is 2.29. The third kappa shape index (κ3) is 2.78. The number of anilines is 1. The molecule has 0 amide bonds. The van der Waals surface area contributed by atoms with Gasteiger partial charge < -0.3 is 14.6 Å². The number of ether oxygens (including phenoxy) is 1. The second-order valence-corrected chi connectivity index (χ2v) is 7.55. The van der Waals surface area contributed by atoms with Crippen LogP contribution in [0.3, 0.4) is 0 Å². The highest BCUT2D eigenvalue weighted by Gasteiger charge is 2.32. The molecule has 2 aliphatic heterocycles. The van der Waals surface area contributed by atoms with Gasteiger partial charge in [0.15, 0.2) is 0 Å². The van der Waals surface area contributed by atoms with Crippen LogP contribution in [0.1, 0.15) is 50.3 Å². The third-order valence-electron chi connectivity index (χ3n) is 4.83. The number of hydrogen-bond acceptors (Lipinski definition) is 4. The molecule has 0 unspecified atom stereocenters. The Morgan fingerprint density at radius 1 is 1.32 bits per heavy atom. The van der Waals surface area contributed by atoms with Crippen molar-refractivity contribution in [3.05, 3.63) is 21.3 Å². The molecule has 0 bridgehead atoms. The zero-order chi connectivity index (χ0) is 15.9. The summed E-state index contributed by atoms with van der Waals surface area (Å²) in [6.07, 6.45) is 3.13. The van der Waals surface area contributed by atoms with Gasteiger partial charge in [0.2, 0.25) is 0 Å². The van der Waals surface area contributed by atoms with Crippen LogP contribution >= 0.6 is 12.2 Å². The number of H-pyrrole nitrogens is 1. The number of aromatic nitrogens is 1. The molecule has 118 valence electrons. The average molecular weight is 317 g/mol. The molecular formula is C17H23N3OS. The molecule has 3 heterocycles. The van der Waals surface area contributed by atoms with Gasteiger partial charge in [-0.15, -0.1) is 0 Å². The molecule has 1 saturated heterocycles. The van der Waals surface area contributed by atoms with E-state index in [1.165, 1.54) is 12.8 Å². The standard InChI is InChI=1S/C17H23N3OS/c1-11-4-6-20(7-5-11)15-14-10-21-17(2,3)8-12(14)13(9-18)16(22)19-15/h11H,4-8,10H2,1-3H3,(H,19,22). The van der Waals surface area contributed by atoms with Crippen LogP contribution < -0.4 is 4.90 Å². The van der Waals surface area contributed by atoms with E-state index in [-0.39, 0.29) is 5.60 Å². The number of rotatable bonds is 1. The summed E-state index contributed by atoms with van der Waals surface area (Å²) in [4.78, 5) is 5.68. The molecule has 5 heteroatoms. The van der Waals surface area contributed by atoms with Crippen molar-refractivity contribution in [2.24, 2.45) is 5.92 Å². The normalized spacial score (nSPS) is 21.3. The molecule has 1 aromatic rings. The highest BCUT2D eigenvalue weighted by molar-refractivity contribution is 7.71. The highest BCUT2D eigenvalue weighted by Crippen LogP contribution is 2.36. The second-order valence-electron chi connectivity index (χ2n) is 7.14. The smallest absolute Gasteiger partial charge is 0.123 e. The SMILES string of the molecule is CC1CCN(c2[nH]c(=S)c(C#N)c3c2COC(C)(C)C3)CC1. The summed E-state index contributed by atoms with van der Waals surface area (Å²) < 4.78 is 6.56. The minimum absolute atomic E-state index is 0.241. The lowest BCUT2D eigenvalue weighted by Gasteiger charge is -2.37. The van der Waals surface area contributed by atoms with Crippen molar-refractivity contribution in [3.63, 3.8) is 0 Å². The number of fused-ring (bicyclic) bond motifs is 1. The Morgan fingerprint density at radius 3 is 2.64 bits per heavy atom. The maximum Gasteiger partial charge on any atom is 0.123 e. The van der Waals surface area contributed by atoms with Crippen LogP contribution in [-0.4, -0.2) is 23.7 Å². The molecule has 0 saturated carbocycles. The van der Waals surface area contributed by atoms with Gasteiger partial charge in [0.1, 0.15) is 16.5 Å². The number of nitrogens with one attached hydrogen (secondary N) is 1. The Kier molecular flexibility index (Phi) is 4.00. The zero-order valence-electron chi connectivity index (χ0n) is 13.5. The maximum absolute atomic E-state index is 9.49. The fraction of sp³-hybridized carbons (Fsp3) is 0.647. The number of aromatic amines is 1. The second kappa shape index (κ2) is 5.68. The van der Waals surface area contributed by atoms with Gasteiger partial charge in [0, 0.05) is 25.1 Å². The van der Waals surface area contributed by atoms with E-state index in [1.807, 2.05) is 0 Å². The first-order valence-electron chi connectivity index (χ1n) is 7.98. The van der Waals surface area contributed by atoms with E-state index in [9.17, 15) is 5.26 Å². The minimum atomic E-state index is -0.241. The topological polar surface area (TPSA) is 52.0 Å². The summed E-state index contributed by atoms with van der Waals surface area (Å²) in [5, 5.41) is 9.49. The molecule has 0 spiro atoms. The fourth-order valence-electron chi connectivity index (χ4n) is 3.39. The molecule has 4 nitrogen and oxygen atoms in total. The Labute approximate surface area is 137 Å². The van der Waals surface area contributed by atoms with E-state index in [1.54, 1.807) is 0 Å². The largest absolute Gasteiger partial charge is 0.370 e. The van der Waals surface area contributed by atoms with Crippen molar-refractivity contribution in [1.82, 2.24) is 4.98 Å². The molecule has 0 atom stereocenters. The predicted molar refractivity (Wildman–Crippen MR) is 89.5 cm³/mol. The number of hydrogen-bond donors (Lipinski definition) is 1. The van der Waals surface area contributed by atoms with Crippen LogP contribution in [0.4, 0.5) is 5.82 Å². The number of nitriles is 1. The van der Waals surface area contributed by atoms with E-state index >= 15 is 0 Å². The van der Waals surface area contributed by atoms with E-state index in [0.29, 0.717) is 16.8 Å². The van der Waals surface area contributed by atoms with Gasteiger partial charge in [0.25, 0.3) is 0 Å². The van der Waals surface area contributed by atoms with Crippen LogP contribution in [-0.2, 0) is 17.8 Å². The van der Waals surface area contributed by atoms with Crippen LogP contribution in [0.5, 0.6) is 0 Å². The summed E-state index contributed by atoms with van der Waals surface area (Å²) in [5.41, 5.74) is 2.58. The van der Waals surface area contributed by atoms with Crippen molar-refractivity contribution in [2.75, 3.05) is 18.0 Å². The van der Waals surface area contributed by atoms with Crippen LogP contribution in [0.15, 0.2) is 0 Å². The van der Waals surface area contributed by atoms with Crippen molar-refractivity contribution in [2.45, 2.75) is 52.2 Å². The minimum Gasteiger partial charge on any atom is -0.370 e. The first-order chi connectivity index (χ1) is 10.4.